The summed E-state index contributed by atoms with van der Waals surface area (Å²) in [6.07, 6.45) is -0.240. The third-order valence-corrected chi connectivity index (χ3v) is 6.13. The number of ether oxygens (including phenoxy) is 1. The molecule has 0 aromatic heterocycles. The maximum atomic E-state index is 12.9. The van der Waals surface area contributed by atoms with Gasteiger partial charge in [0.2, 0.25) is 10.0 Å². The molecule has 0 saturated carbocycles. The van der Waals surface area contributed by atoms with Crippen LogP contribution in [0.5, 0.6) is 0 Å². The Labute approximate surface area is 153 Å². The Balaban J connectivity index is 1.67. The van der Waals surface area contributed by atoms with Crippen LogP contribution in [-0.4, -0.2) is 38.0 Å². The highest BCUT2D eigenvalue weighted by molar-refractivity contribution is 7.89. The van der Waals surface area contributed by atoms with Gasteiger partial charge in [-0.3, -0.25) is 0 Å². The highest BCUT2D eigenvalue weighted by Crippen LogP contribution is 2.22. The van der Waals surface area contributed by atoms with Crippen LogP contribution in [0.1, 0.15) is 19.4 Å². The first-order chi connectivity index (χ1) is 12.3. The van der Waals surface area contributed by atoms with Crippen LogP contribution >= 0.6 is 0 Å². The number of sulfonamides is 1. The highest BCUT2D eigenvalue weighted by Gasteiger charge is 2.32. The number of hydrogen-bond donors (Lipinski definition) is 1. The standard InChI is InChI=1S/C19H23FN2O3S/c1-14-12-22(13-15(2)25-14)26(23,24)19-9-7-18(8-10-19)21-11-16-3-5-17(20)6-4-16/h3-10,14-15,21H,11-13H2,1-2H3. The van der Waals surface area contributed by atoms with Crippen LogP contribution in [0.3, 0.4) is 0 Å². The van der Waals surface area contributed by atoms with Crippen molar-refractivity contribution in [3.05, 3.63) is 59.9 Å². The molecule has 26 heavy (non-hydrogen) atoms. The number of nitrogens with zero attached hydrogens (tertiary/aromatic N) is 1. The number of nitrogens with one attached hydrogen (secondary N) is 1. The van der Waals surface area contributed by atoms with Crippen LogP contribution in [0.25, 0.3) is 0 Å². The first-order valence-corrected chi connectivity index (χ1v) is 10.0. The summed E-state index contributed by atoms with van der Waals surface area (Å²) in [5.41, 5.74) is 1.75. The number of hydrogen-bond acceptors (Lipinski definition) is 4. The van der Waals surface area contributed by atoms with E-state index in [4.69, 9.17) is 4.74 Å². The van der Waals surface area contributed by atoms with Gasteiger partial charge in [-0.05, 0) is 55.8 Å². The first-order valence-electron chi connectivity index (χ1n) is 8.58. The van der Waals surface area contributed by atoms with Crippen molar-refractivity contribution in [2.24, 2.45) is 0 Å². The molecule has 0 amide bonds. The molecule has 0 aliphatic carbocycles. The van der Waals surface area contributed by atoms with Gasteiger partial charge in [-0.25, -0.2) is 12.8 Å². The van der Waals surface area contributed by atoms with E-state index in [0.717, 1.165) is 11.3 Å². The fraction of sp³-hybridized carbons (Fsp3) is 0.368. The van der Waals surface area contributed by atoms with Crippen molar-refractivity contribution in [2.45, 2.75) is 37.5 Å². The highest BCUT2D eigenvalue weighted by atomic mass is 32.2. The van der Waals surface area contributed by atoms with E-state index in [1.165, 1.54) is 16.4 Å². The maximum Gasteiger partial charge on any atom is 0.243 e. The van der Waals surface area contributed by atoms with E-state index >= 15 is 0 Å². The zero-order valence-electron chi connectivity index (χ0n) is 14.9. The Morgan fingerprint density at radius 2 is 1.62 bits per heavy atom. The van der Waals surface area contributed by atoms with Crippen molar-refractivity contribution in [3.8, 4) is 0 Å². The molecule has 2 aromatic rings. The van der Waals surface area contributed by atoms with Crippen LogP contribution in [-0.2, 0) is 21.3 Å². The minimum absolute atomic E-state index is 0.120. The average Bonchev–Trinajstić information content (AvgIpc) is 2.61. The number of morpholine rings is 1. The van der Waals surface area contributed by atoms with Crippen LogP contribution in [0.4, 0.5) is 10.1 Å². The molecule has 1 aliphatic heterocycles. The molecule has 0 radical (unpaired) electrons. The van der Waals surface area contributed by atoms with Crippen molar-refractivity contribution in [2.75, 3.05) is 18.4 Å². The van der Waals surface area contributed by atoms with Crippen molar-refractivity contribution >= 4 is 15.7 Å². The molecule has 5 nitrogen and oxygen atoms in total. The number of halogens is 1. The molecule has 0 spiro atoms. The Hall–Kier alpha value is -1.96. The lowest BCUT2D eigenvalue weighted by molar-refractivity contribution is -0.0440. The van der Waals surface area contributed by atoms with E-state index in [0.29, 0.717) is 19.6 Å². The Kier molecular flexibility index (Phi) is 5.60. The fourth-order valence-electron chi connectivity index (χ4n) is 3.03. The number of benzene rings is 2. The average molecular weight is 378 g/mol. The Morgan fingerprint density at radius 1 is 1.04 bits per heavy atom. The Bertz CT molecular complexity index is 828. The second-order valence-electron chi connectivity index (χ2n) is 6.58. The normalized spacial score (nSPS) is 21.5. The van der Waals surface area contributed by atoms with Gasteiger partial charge in [0.05, 0.1) is 17.1 Å². The molecule has 1 fully saturated rings. The second kappa shape index (κ2) is 7.73. The van der Waals surface area contributed by atoms with Crippen LogP contribution in [0.2, 0.25) is 0 Å². The molecule has 1 aliphatic rings. The molecule has 1 N–H and O–H groups in total. The molecular weight excluding hydrogens is 355 g/mol. The smallest absolute Gasteiger partial charge is 0.243 e. The van der Waals surface area contributed by atoms with E-state index in [1.807, 2.05) is 13.8 Å². The zero-order valence-corrected chi connectivity index (χ0v) is 15.7. The minimum Gasteiger partial charge on any atom is -0.381 e. The zero-order chi connectivity index (χ0) is 18.7. The summed E-state index contributed by atoms with van der Waals surface area (Å²) < 4.78 is 45.6. The minimum atomic E-state index is -3.53. The van der Waals surface area contributed by atoms with Gasteiger partial charge >= 0.3 is 0 Å². The summed E-state index contributed by atoms with van der Waals surface area (Å²) in [4.78, 5) is 0.270. The first kappa shape index (κ1) is 18.8. The number of rotatable bonds is 5. The van der Waals surface area contributed by atoms with Crippen LogP contribution in [0.15, 0.2) is 53.4 Å². The molecule has 2 unspecified atom stereocenters. The van der Waals surface area contributed by atoms with Gasteiger partial charge in [-0.2, -0.15) is 4.31 Å². The lowest BCUT2D eigenvalue weighted by Gasteiger charge is -2.34. The second-order valence-corrected chi connectivity index (χ2v) is 8.52. The van der Waals surface area contributed by atoms with Crippen molar-refractivity contribution in [3.63, 3.8) is 0 Å². The predicted molar refractivity (Wildman–Crippen MR) is 98.9 cm³/mol. The summed E-state index contributed by atoms with van der Waals surface area (Å²) in [6, 6.07) is 12.9. The topological polar surface area (TPSA) is 58.6 Å². The van der Waals surface area contributed by atoms with Crippen molar-refractivity contribution in [1.29, 1.82) is 0 Å². The van der Waals surface area contributed by atoms with E-state index < -0.39 is 10.0 Å². The quantitative estimate of drug-likeness (QED) is 0.868. The molecule has 0 bridgehead atoms. The molecule has 2 aromatic carbocycles. The van der Waals surface area contributed by atoms with Gasteiger partial charge in [0.15, 0.2) is 0 Å². The van der Waals surface area contributed by atoms with E-state index in [9.17, 15) is 12.8 Å². The van der Waals surface area contributed by atoms with Gasteiger partial charge in [0.25, 0.3) is 0 Å². The largest absolute Gasteiger partial charge is 0.381 e. The van der Waals surface area contributed by atoms with Gasteiger partial charge in [0, 0.05) is 25.3 Å². The summed E-state index contributed by atoms with van der Waals surface area (Å²) in [6.45, 7) is 5.00. The summed E-state index contributed by atoms with van der Waals surface area (Å²) >= 11 is 0. The van der Waals surface area contributed by atoms with E-state index in [2.05, 4.69) is 5.32 Å². The molecule has 1 heterocycles. The molecular formula is C19H23FN2O3S. The lowest BCUT2D eigenvalue weighted by atomic mass is 10.2. The maximum absolute atomic E-state index is 12.9. The van der Waals surface area contributed by atoms with Gasteiger partial charge in [-0.15, -0.1) is 0 Å². The molecule has 1 saturated heterocycles. The van der Waals surface area contributed by atoms with Crippen molar-refractivity contribution in [1.82, 2.24) is 4.31 Å². The van der Waals surface area contributed by atoms with Gasteiger partial charge in [0.1, 0.15) is 5.82 Å². The monoisotopic (exact) mass is 378 g/mol. The van der Waals surface area contributed by atoms with Gasteiger partial charge < -0.3 is 10.1 Å². The van der Waals surface area contributed by atoms with Crippen molar-refractivity contribution < 1.29 is 17.5 Å². The third-order valence-electron chi connectivity index (χ3n) is 4.29. The third kappa shape index (κ3) is 4.41. The van der Waals surface area contributed by atoms with Gasteiger partial charge in [-0.1, -0.05) is 12.1 Å². The fourth-order valence-corrected chi connectivity index (χ4v) is 4.62. The molecule has 2 atom stereocenters. The summed E-state index contributed by atoms with van der Waals surface area (Å²) in [5, 5.41) is 3.20. The SMILES string of the molecule is CC1CN(S(=O)(=O)c2ccc(NCc3ccc(F)cc3)cc2)CC(C)O1. The molecule has 140 valence electrons. The molecule has 7 heteroatoms. The number of anilines is 1. The lowest BCUT2D eigenvalue weighted by Crippen LogP contribution is -2.48. The summed E-state index contributed by atoms with van der Waals surface area (Å²) in [7, 11) is -3.53. The molecule has 3 rings (SSSR count). The van der Waals surface area contributed by atoms with E-state index in [-0.39, 0.29) is 22.9 Å². The predicted octanol–water partition coefficient (Wildman–Crippen LogP) is 3.24. The van der Waals surface area contributed by atoms with Crippen LogP contribution < -0.4 is 5.32 Å². The van der Waals surface area contributed by atoms with E-state index in [1.54, 1.807) is 36.4 Å². The van der Waals surface area contributed by atoms with Crippen LogP contribution in [0, 0.1) is 5.82 Å². The Morgan fingerprint density at radius 3 is 2.19 bits per heavy atom. The summed E-state index contributed by atoms with van der Waals surface area (Å²) in [5.74, 6) is -0.268.